The lowest BCUT2D eigenvalue weighted by Crippen LogP contribution is -2.22. The summed E-state index contributed by atoms with van der Waals surface area (Å²) in [6, 6.07) is 0. The van der Waals surface area contributed by atoms with Gasteiger partial charge in [-0.1, -0.05) is 63.3 Å². The second kappa shape index (κ2) is 19.9. The predicted molar refractivity (Wildman–Crippen MR) is 101 cm³/mol. The Morgan fingerprint density at radius 3 is 2.21 bits per heavy atom. The summed E-state index contributed by atoms with van der Waals surface area (Å²) in [6.45, 7) is 2.49. The number of hydrogen-bond donors (Lipinski definition) is 2. The number of nitrogens with one attached hydrogen (secondary N) is 1. The van der Waals surface area contributed by atoms with E-state index in [-0.39, 0.29) is 19.1 Å². The molecule has 0 aliphatic rings. The molecule has 2 N–H and O–H groups in total. The van der Waals surface area contributed by atoms with Gasteiger partial charge in [-0.15, -0.1) is 0 Å². The lowest BCUT2D eigenvalue weighted by Gasteiger charge is -2.04. The molecule has 0 aliphatic heterocycles. The number of aliphatic hydroxyl groups is 1. The zero-order valence-electron chi connectivity index (χ0n) is 15.5. The van der Waals surface area contributed by atoms with Gasteiger partial charge >= 0.3 is 5.97 Å². The van der Waals surface area contributed by atoms with Crippen molar-refractivity contribution in [2.45, 2.75) is 84.0 Å². The van der Waals surface area contributed by atoms with Gasteiger partial charge in [0.2, 0.25) is 0 Å². The van der Waals surface area contributed by atoms with E-state index in [1.807, 2.05) is 0 Å². The number of allylic oxidation sites excluding steroid dienone is 4. The van der Waals surface area contributed by atoms with Crippen molar-refractivity contribution < 1.29 is 14.7 Å². The van der Waals surface area contributed by atoms with Crippen LogP contribution in [0.2, 0.25) is 0 Å². The van der Waals surface area contributed by atoms with E-state index < -0.39 is 0 Å². The average Bonchev–Trinajstić information content (AvgIpc) is 2.58. The topological polar surface area (TPSA) is 58.6 Å². The zero-order chi connectivity index (χ0) is 17.7. The van der Waals surface area contributed by atoms with E-state index in [4.69, 9.17) is 9.94 Å². The van der Waals surface area contributed by atoms with Crippen LogP contribution in [0.1, 0.15) is 84.0 Å². The van der Waals surface area contributed by atoms with Crippen molar-refractivity contribution in [1.82, 2.24) is 5.48 Å². The second-order valence-corrected chi connectivity index (χ2v) is 6.07. The standard InChI is InChI=1S/C20H37NO3/c1-2-3-4-5-6-7-8-9-10-11-12-13-14-15-16-17-20(23)24-21-18-19-22/h6-7,9-10,21-22H,2-5,8,11-19H2,1H3/b7-6-,10-9-. The van der Waals surface area contributed by atoms with Crippen LogP contribution < -0.4 is 5.48 Å². The lowest BCUT2D eigenvalue weighted by molar-refractivity contribution is -0.151. The molecule has 0 fully saturated rings. The maximum Gasteiger partial charge on any atom is 0.324 e. The normalized spacial score (nSPS) is 11.6. The molecule has 0 amide bonds. The van der Waals surface area contributed by atoms with Crippen LogP contribution in [0.25, 0.3) is 0 Å². The zero-order valence-corrected chi connectivity index (χ0v) is 15.5. The molecule has 0 atom stereocenters. The van der Waals surface area contributed by atoms with E-state index in [9.17, 15) is 4.79 Å². The summed E-state index contributed by atoms with van der Waals surface area (Å²) in [5, 5.41) is 8.53. The van der Waals surface area contributed by atoms with Crippen LogP contribution >= 0.6 is 0 Å². The Morgan fingerprint density at radius 2 is 1.54 bits per heavy atom. The van der Waals surface area contributed by atoms with Gasteiger partial charge in [-0.25, -0.2) is 0 Å². The number of hydrogen-bond acceptors (Lipinski definition) is 4. The van der Waals surface area contributed by atoms with Crippen LogP contribution in [0.4, 0.5) is 0 Å². The SMILES string of the molecule is CCCCC/C=C\C/C=C\CCCCCCCC(=O)ONCCO. The van der Waals surface area contributed by atoms with Gasteiger partial charge in [0, 0.05) is 6.42 Å². The summed E-state index contributed by atoms with van der Waals surface area (Å²) in [5.74, 6) is -0.242. The molecule has 0 radical (unpaired) electrons. The molecule has 0 bridgehead atoms. The number of unbranched alkanes of at least 4 members (excludes halogenated alkanes) is 8. The Balaban J connectivity index is 3.24. The lowest BCUT2D eigenvalue weighted by atomic mass is 10.1. The predicted octanol–water partition coefficient (Wildman–Crippen LogP) is 4.84. The third-order valence-electron chi connectivity index (χ3n) is 3.73. The molecular formula is C20H37NO3. The first-order chi connectivity index (χ1) is 11.8. The van der Waals surface area contributed by atoms with Crippen molar-refractivity contribution in [2.75, 3.05) is 13.2 Å². The van der Waals surface area contributed by atoms with Crippen LogP contribution in [-0.4, -0.2) is 24.2 Å². The first-order valence-corrected chi connectivity index (χ1v) is 9.64. The fraction of sp³-hybridized carbons (Fsp3) is 0.750. The number of hydroxylamine groups is 1. The molecule has 0 saturated heterocycles. The molecule has 0 aromatic carbocycles. The molecule has 0 heterocycles. The second-order valence-electron chi connectivity index (χ2n) is 6.07. The van der Waals surface area contributed by atoms with Gasteiger partial charge < -0.3 is 9.94 Å². The van der Waals surface area contributed by atoms with Gasteiger partial charge in [-0.3, -0.25) is 4.79 Å². The molecular weight excluding hydrogens is 302 g/mol. The molecule has 140 valence electrons. The third-order valence-corrected chi connectivity index (χ3v) is 3.73. The van der Waals surface area contributed by atoms with Gasteiger partial charge in [-0.05, 0) is 38.5 Å². The maximum atomic E-state index is 11.3. The van der Waals surface area contributed by atoms with Crippen LogP contribution in [0.15, 0.2) is 24.3 Å². The fourth-order valence-electron chi connectivity index (χ4n) is 2.31. The first-order valence-electron chi connectivity index (χ1n) is 9.64. The molecule has 0 saturated carbocycles. The van der Waals surface area contributed by atoms with Gasteiger partial charge in [0.25, 0.3) is 0 Å². The molecule has 0 unspecified atom stereocenters. The van der Waals surface area contributed by atoms with Crippen LogP contribution in [0.3, 0.4) is 0 Å². The van der Waals surface area contributed by atoms with Crippen molar-refractivity contribution in [3.8, 4) is 0 Å². The van der Waals surface area contributed by atoms with Crippen molar-refractivity contribution >= 4 is 5.97 Å². The molecule has 24 heavy (non-hydrogen) atoms. The van der Waals surface area contributed by atoms with E-state index in [1.165, 1.54) is 44.9 Å². The molecule has 0 spiro atoms. The number of rotatable bonds is 17. The highest BCUT2D eigenvalue weighted by atomic mass is 16.7. The Hall–Kier alpha value is -1.13. The highest BCUT2D eigenvalue weighted by molar-refractivity contribution is 5.68. The minimum atomic E-state index is -0.242. The Kier molecular flexibility index (Phi) is 19.0. The van der Waals surface area contributed by atoms with Gasteiger partial charge in [0.15, 0.2) is 0 Å². The minimum absolute atomic E-state index is 0.0308. The monoisotopic (exact) mass is 339 g/mol. The van der Waals surface area contributed by atoms with E-state index in [0.29, 0.717) is 6.42 Å². The van der Waals surface area contributed by atoms with Gasteiger partial charge in [-0.2, -0.15) is 5.48 Å². The minimum Gasteiger partial charge on any atom is -0.395 e. The molecule has 0 aromatic rings. The maximum absolute atomic E-state index is 11.3. The molecule has 4 heteroatoms. The fourth-order valence-corrected chi connectivity index (χ4v) is 2.31. The summed E-state index contributed by atoms with van der Waals surface area (Å²) >= 11 is 0. The summed E-state index contributed by atoms with van der Waals surface area (Å²) in [4.78, 5) is 16.0. The van der Waals surface area contributed by atoms with Crippen LogP contribution in [0, 0.1) is 0 Å². The number of carbonyl (C=O) groups is 1. The Bertz CT molecular complexity index is 327. The van der Waals surface area contributed by atoms with Gasteiger partial charge in [0.1, 0.15) is 0 Å². The summed E-state index contributed by atoms with van der Waals surface area (Å²) < 4.78 is 0. The first kappa shape index (κ1) is 22.9. The van der Waals surface area contributed by atoms with E-state index >= 15 is 0 Å². The van der Waals surface area contributed by atoms with Crippen molar-refractivity contribution in [2.24, 2.45) is 0 Å². The summed E-state index contributed by atoms with van der Waals surface area (Å²) in [6.07, 6.45) is 22.5. The highest BCUT2D eigenvalue weighted by Gasteiger charge is 2.01. The smallest absolute Gasteiger partial charge is 0.324 e. The highest BCUT2D eigenvalue weighted by Crippen LogP contribution is 2.08. The van der Waals surface area contributed by atoms with E-state index in [1.54, 1.807) is 0 Å². The van der Waals surface area contributed by atoms with Crippen LogP contribution in [0.5, 0.6) is 0 Å². The van der Waals surface area contributed by atoms with Crippen molar-refractivity contribution in [3.05, 3.63) is 24.3 Å². The summed E-state index contributed by atoms with van der Waals surface area (Å²) in [7, 11) is 0. The van der Waals surface area contributed by atoms with Gasteiger partial charge in [0.05, 0.1) is 13.2 Å². The van der Waals surface area contributed by atoms with Crippen molar-refractivity contribution in [3.63, 3.8) is 0 Å². The third kappa shape index (κ3) is 18.9. The molecule has 0 aliphatic carbocycles. The number of carbonyl (C=O) groups excluding carboxylic acids is 1. The molecule has 0 rings (SSSR count). The van der Waals surface area contributed by atoms with E-state index in [2.05, 4.69) is 36.7 Å². The molecule has 0 aromatic heterocycles. The Morgan fingerprint density at radius 1 is 0.917 bits per heavy atom. The largest absolute Gasteiger partial charge is 0.395 e. The quantitative estimate of drug-likeness (QED) is 0.226. The van der Waals surface area contributed by atoms with Crippen molar-refractivity contribution in [1.29, 1.82) is 0 Å². The summed E-state index contributed by atoms with van der Waals surface area (Å²) in [5.41, 5.74) is 2.43. The number of aliphatic hydroxyl groups excluding tert-OH is 1. The van der Waals surface area contributed by atoms with E-state index in [0.717, 1.165) is 25.7 Å². The van der Waals surface area contributed by atoms with Crippen LogP contribution in [-0.2, 0) is 9.63 Å². The molecule has 4 nitrogen and oxygen atoms in total. The Labute approximate surface area is 148 Å². The average molecular weight is 340 g/mol.